The average molecular weight is 356 g/mol. The van der Waals surface area contributed by atoms with Crippen LogP contribution in [0.5, 0.6) is 0 Å². The molecule has 0 radical (unpaired) electrons. The number of halogens is 1. The first-order valence-corrected chi connectivity index (χ1v) is 9.10. The lowest BCUT2D eigenvalue weighted by Gasteiger charge is -2.35. The van der Waals surface area contributed by atoms with E-state index in [9.17, 15) is 8.42 Å². The van der Waals surface area contributed by atoms with Gasteiger partial charge in [-0.05, 0) is 56.4 Å². The molecule has 126 valence electrons. The Morgan fingerprint density at radius 1 is 1.26 bits per heavy atom. The van der Waals surface area contributed by atoms with Crippen molar-refractivity contribution in [3.8, 4) is 6.07 Å². The van der Waals surface area contributed by atoms with Crippen LogP contribution >= 0.6 is 12.4 Å². The van der Waals surface area contributed by atoms with Crippen molar-refractivity contribution >= 4 is 22.4 Å². The van der Waals surface area contributed by atoms with E-state index in [1.807, 2.05) is 6.07 Å². The second kappa shape index (κ2) is 6.78. The molecule has 7 heteroatoms. The zero-order valence-electron chi connectivity index (χ0n) is 13.3. The standard InChI is InChI=1S/C16H21N3O2S.ClH/c1-11-7-12(10-17)3-6-16(11)22(20,21)19(2)15-8-13-4-5-14(9-15)18-13;/h3,6-7,13-15,18H,4-5,8-9H2,1-2H3;1H. The van der Waals surface area contributed by atoms with Gasteiger partial charge in [-0.3, -0.25) is 0 Å². The average Bonchev–Trinajstić information content (AvgIpc) is 2.84. The summed E-state index contributed by atoms with van der Waals surface area (Å²) in [6.45, 7) is 1.74. The van der Waals surface area contributed by atoms with Crippen LogP contribution in [-0.4, -0.2) is 37.9 Å². The number of benzene rings is 1. The maximum absolute atomic E-state index is 12.9. The fourth-order valence-electron chi connectivity index (χ4n) is 3.68. The summed E-state index contributed by atoms with van der Waals surface area (Å²) in [5, 5.41) is 12.5. The van der Waals surface area contributed by atoms with Gasteiger partial charge in [0.05, 0.1) is 16.5 Å². The number of nitrogens with zero attached hydrogens (tertiary/aromatic N) is 2. The van der Waals surface area contributed by atoms with E-state index < -0.39 is 10.0 Å². The number of rotatable bonds is 3. The molecule has 23 heavy (non-hydrogen) atoms. The molecule has 1 aromatic carbocycles. The molecule has 1 N–H and O–H groups in total. The summed E-state index contributed by atoms with van der Waals surface area (Å²) in [5.74, 6) is 0. The molecule has 0 saturated carbocycles. The highest BCUT2D eigenvalue weighted by Gasteiger charge is 2.39. The lowest BCUT2D eigenvalue weighted by Crippen LogP contribution is -2.48. The number of aryl methyl sites for hydroxylation is 1. The van der Waals surface area contributed by atoms with Gasteiger partial charge < -0.3 is 5.32 Å². The van der Waals surface area contributed by atoms with E-state index in [0.717, 1.165) is 25.7 Å². The minimum Gasteiger partial charge on any atom is -0.311 e. The van der Waals surface area contributed by atoms with Crippen molar-refractivity contribution < 1.29 is 8.42 Å². The van der Waals surface area contributed by atoms with Crippen LogP contribution in [0.4, 0.5) is 0 Å². The second-order valence-corrected chi connectivity index (χ2v) is 8.34. The smallest absolute Gasteiger partial charge is 0.243 e. The van der Waals surface area contributed by atoms with E-state index in [4.69, 9.17) is 5.26 Å². The van der Waals surface area contributed by atoms with Crippen LogP contribution in [0.3, 0.4) is 0 Å². The van der Waals surface area contributed by atoms with Crippen LogP contribution in [0.25, 0.3) is 0 Å². The summed E-state index contributed by atoms with van der Waals surface area (Å²) >= 11 is 0. The Morgan fingerprint density at radius 2 is 1.87 bits per heavy atom. The first-order valence-electron chi connectivity index (χ1n) is 7.66. The molecule has 2 unspecified atom stereocenters. The largest absolute Gasteiger partial charge is 0.311 e. The molecule has 3 rings (SSSR count). The number of hydrogen-bond acceptors (Lipinski definition) is 4. The Bertz CT molecular complexity index is 717. The van der Waals surface area contributed by atoms with Crippen molar-refractivity contribution in [3.63, 3.8) is 0 Å². The topological polar surface area (TPSA) is 73.2 Å². The normalized spacial score (nSPS) is 26.6. The van der Waals surface area contributed by atoms with Gasteiger partial charge in [-0.15, -0.1) is 12.4 Å². The van der Waals surface area contributed by atoms with Gasteiger partial charge in [0.25, 0.3) is 0 Å². The molecule has 1 aromatic rings. The highest BCUT2D eigenvalue weighted by Crippen LogP contribution is 2.32. The van der Waals surface area contributed by atoms with Crippen LogP contribution in [0, 0.1) is 18.3 Å². The fourth-order valence-corrected chi connectivity index (χ4v) is 5.26. The van der Waals surface area contributed by atoms with E-state index in [0.29, 0.717) is 28.1 Å². The van der Waals surface area contributed by atoms with Crippen LogP contribution in [0.2, 0.25) is 0 Å². The lowest BCUT2D eigenvalue weighted by molar-refractivity contribution is 0.251. The first kappa shape index (κ1) is 18.2. The molecule has 5 nitrogen and oxygen atoms in total. The zero-order chi connectivity index (χ0) is 15.9. The third-order valence-corrected chi connectivity index (χ3v) is 6.99. The summed E-state index contributed by atoms with van der Waals surface area (Å²) in [6, 6.07) is 7.74. The minimum absolute atomic E-state index is 0. The molecular weight excluding hydrogens is 334 g/mol. The summed E-state index contributed by atoms with van der Waals surface area (Å²) < 4.78 is 27.4. The molecular formula is C16H22ClN3O2S. The first-order chi connectivity index (χ1) is 10.4. The Hall–Kier alpha value is -1.13. The van der Waals surface area contributed by atoms with Crippen molar-refractivity contribution in [1.29, 1.82) is 5.26 Å². The van der Waals surface area contributed by atoms with Crippen molar-refractivity contribution in [2.45, 2.75) is 55.6 Å². The van der Waals surface area contributed by atoms with Crippen LogP contribution in [0.15, 0.2) is 23.1 Å². The molecule has 2 aliphatic rings. The number of hydrogen-bond donors (Lipinski definition) is 1. The molecule has 2 aliphatic heterocycles. The van der Waals surface area contributed by atoms with Crippen LogP contribution < -0.4 is 5.32 Å². The molecule has 0 aromatic heterocycles. The van der Waals surface area contributed by atoms with Crippen molar-refractivity contribution in [2.75, 3.05) is 7.05 Å². The quantitative estimate of drug-likeness (QED) is 0.902. The monoisotopic (exact) mass is 355 g/mol. The molecule has 2 heterocycles. The summed E-state index contributed by atoms with van der Waals surface area (Å²) in [5.41, 5.74) is 1.11. The van der Waals surface area contributed by atoms with E-state index in [-0.39, 0.29) is 18.4 Å². The van der Waals surface area contributed by atoms with Crippen molar-refractivity contribution in [3.05, 3.63) is 29.3 Å². The van der Waals surface area contributed by atoms with E-state index in [2.05, 4.69) is 5.32 Å². The Balaban J connectivity index is 0.00000192. The highest BCUT2D eigenvalue weighted by molar-refractivity contribution is 7.89. The molecule has 2 fully saturated rings. The second-order valence-electron chi connectivity index (χ2n) is 6.38. The SMILES string of the molecule is Cc1cc(C#N)ccc1S(=O)(=O)N(C)C1CC2CCC(C1)N2.Cl. The third-order valence-electron chi connectivity index (χ3n) is 4.92. The van der Waals surface area contributed by atoms with E-state index in [1.165, 1.54) is 4.31 Å². The Kier molecular flexibility index (Phi) is 5.37. The van der Waals surface area contributed by atoms with E-state index >= 15 is 0 Å². The van der Waals surface area contributed by atoms with Crippen molar-refractivity contribution in [1.82, 2.24) is 9.62 Å². The maximum atomic E-state index is 12.9. The highest BCUT2D eigenvalue weighted by atomic mass is 35.5. The number of nitriles is 1. The van der Waals surface area contributed by atoms with Gasteiger partial charge >= 0.3 is 0 Å². The fraction of sp³-hybridized carbons (Fsp3) is 0.562. The Morgan fingerprint density at radius 3 is 2.39 bits per heavy atom. The van der Waals surface area contributed by atoms with E-state index in [1.54, 1.807) is 32.2 Å². The van der Waals surface area contributed by atoms with Gasteiger partial charge in [0.2, 0.25) is 10.0 Å². The summed E-state index contributed by atoms with van der Waals surface area (Å²) in [4.78, 5) is 0.305. The lowest BCUT2D eigenvalue weighted by atomic mass is 10.0. The van der Waals surface area contributed by atoms with Gasteiger partial charge in [0, 0.05) is 25.2 Å². The Labute approximate surface area is 144 Å². The number of nitrogens with one attached hydrogen (secondary N) is 1. The minimum atomic E-state index is -3.52. The van der Waals surface area contributed by atoms with Crippen LogP contribution in [-0.2, 0) is 10.0 Å². The van der Waals surface area contributed by atoms with Gasteiger partial charge in [0.1, 0.15) is 0 Å². The number of sulfonamides is 1. The maximum Gasteiger partial charge on any atom is 0.243 e. The van der Waals surface area contributed by atoms with Gasteiger partial charge in [0.15, 0.2) is 0 Å². The predicted molar refractivity (Wildman–Crippen MR) is 91.1 cm³/mol. The zero-order valence-corrected chi connectivity index (χ0v) is 15.0. The summed E-state index contributed by atoms with van der Waals surface area (Å²) in [6.07, 6.45) is 4.04. The molecule has 0 spiro atoms. The third kappa shape index (κ3) is 3.38. The number of fused-ring (bicyclic) bond motifs is 2. The van der Waals surface area contributed by atoms with Crippen molar-refractivity contribution in [2.24, 2.45) is 0 Å². The summed E-state index contributed by atoms with van der Waals surface area (Å²) in [7, 11) is -1.83. The molecule has 2 bridgehead atoms. The molecule has 2 saturated heterocycles. The predicted octanol–water partition coefficient (Wildman–Crippen LogP) is 2.19. The van der Waals surface area contributed by atoms with Gasteiger partial charge in [-0.1, -0.05) is 0 Å². The van der Waals surface area contributed by atoms with Crippen LogP contribution in [0.1, 0.15) is 36.8 Å². The molecule has 2 atom stereocenters. The number of piperidine rings is 1. The van der Waals surface area contributed by atoms with Gasteiger partial charge in [-0.2, -0.15) is 9.57 Å². The molecule has 0 aliphatic carbocycles. The molecule has 0 amide bonds. The van der Waals surface area contributed by atoms with Gasteiger partial charge in [-0.25, -0.2) is 8.42 Å².